The molecule has 1 atom stereocenters. The summed E-state index contributed by atoms with van der Waals surface area (Å²) in [4.78, 5) is 0. The molecule has 0 saturated carbocycles. The summed E-state index contributed by atoms with van der Waals surface area (Å²) in [7, 11) is 3.55. The maximum atomic E-state index is 14.1. The molecule has 0 aliphatic heterocycles. The predicted molar refractivity (Wildman–Crippen MR) is 96.1 cm³/mol. The minimum Gasteiger partial charge on any atom is -0.494 e. The van der Waals surface area contributed by atoms with Crippen LogP contribution < -0.4 is 10.5 Å². The van der Waals surface area contributed by atoms with E-state index in [1.165, 1.54) is 35.3 Å². The standard InChI is InChI=1S/C20H23FN2O/c1-13-17(16-6-4-5-7-19(16)23(13)2)10-15(12-22)14-8-9-20(24-3)18(21)11-14/h4-9,11,15H,10,12,22H2,1-3H3. The molecule has 3 nitrogen and oxygen atoms in total. The van der Waals surface area contributed by atoms with E-state index < -0.39 is 0 Å². The molecule has 0 saturated heterocycles. The number of fused-ring (bicyclic) bond motifs is 1. The number of hydrogen-bond acceptors (Lipinski definition) is 2. The average molecular weight is 326 g/mol. The lowest BCUT2D eigenvalue weighted by Gasteiger charge is -2.17. The molecule has 0 aliphatic rings. The molecule has 2 aromatic carbocycles. The van der Waals surface area contributed by atoms with Crippen molar-refractivity contribution in [2.75, 3.05) is 13.7 Å². The van der Waals surface area contributed by atoms with Crippen molar-refractivity contribution in [1.29, 1.82) is 0 Å². The van der Waals surface area contributed by atoms with Gasteiger partial charge >= 0.3 is 0 Å². The molecule has 3 rings (SSSR count). The topological polar surface area (TPSA) is 40.2 Å². The number of halogens is 1. The number of para-hydroxylation sites is 1. The number of rotatable bonds is 5. The van der Waals surface area contributed by atoms with E-state index in [9.17, 15) is 4.39 Å². The van der Waals surface area contributed by atoms with Crippen LogP contribution >= 0.6 is 0 Å². The number of ether oxygens (including phenoxy) is 1. The molecular formula is C20H23FN2O. The summed E-state index contributed by atoms with van der Waals surface area (Å²) in [6.07, 6.45) is 0.787. The fourth-order valence-corrected chi connectivity index (χ4v) is 3.38. The second-order valence-electron chi connectivity index (χ2n) is 6.17. The number of hydrogen-bond donors (Lipinski definition) is 1. The Morgan fingerprint density at radius 1 is 1.21 bits per heavy atom. The van der Waals surface area contributed by atoms with Crippen LogP contribution in [0.15, 0.2) is 42.5 Å². The fraction of sp³-hybridized carbons (Fsp3) is 0.300. The highest BCUT2D eigenvalue weighted by Crippen LogP contribution is 2.31. The molecule has 2 N–H and O–H groups in total. The second-order valence-corrected chi connectivity index (χ2v) is 6.17. The first-order chi connectivity index (χ1) is 11.6. The van der Waals surface area contributed by atoms with Crippen LogP contribution in [0.2, 0.25) is 0 Å². The number of methoxy groups -OCH3 is 1. The summed E-state index contributed by atoms with van der Waals surface area (Å²) in [5.74, 6) is -0.0196. The van der Waals surface area contributed by atoms with Gasteiger partial charge in [0.25, 0.3) is 0 Å². The first-order valence-electron chi connectivity index (χ1n) is 8.13. The van der Waals surface area contributed by atoms with Crippen LogP contribution in [0.5, 0.6) is 5.75 Å². The maximum Gasteiger partial charge on any atom is 0.165 e. The van der Waals surface area contributed by atoms with Gasteiger partial charge in [-0.25, -0.2) is 4.39 Å². The van der Waals surface area contributed by atoms with Crippen molar-refractivity contribution in [2.45, 2.75) is 19.3 Å². The molecular weight excluding hydrogens is 303 g/mol. The number of nitrogens with zero attached hydrogens (tertiary/aromatic N) is 1. The highest BCUT2D eigenvalue weighted by atomic mass is 19.1. The lowest BCUT2D eigenvalue weighted by atomic mass is 9.90. The molecule has 126 valence electrons. The summed E-state index contributed by atoms with van der Waals surface area (Å²) >= 11 is 0. The normalized spacial score (nSPS) is 12.5. The summed E-state index contributed by atoms with van der Waals surface area (Å²) in [5, 5.41) is 1.24. The van der Waals surface area contributed by atoms with Gasteiger partial charge in [0.05, 0.1) is 7.11 Å². The van der Waals surface area contributed by atoms with Gasteiger partial charge < -0.3 is 15.0 Å². The van der Waals surface area contributed by atoms with Crippen LogP contribution in [0.1, 0.15) is 22.7 Å². The lowest BCUT2D eigenvalue weighted by molar-refractivity contribution is 0.386. The minimum absolute atomic E-state index is 0.0647. The van der Waals surface area contributed by atoms with Gasteiger partial charge in [-0.15, -0.1) is 0 Å². The predicted octanol–water partition coefficient (Wildman–Crippen LogP) is 3.92. The van der Waals surface area contributed by atoms with Crippen LogP contribution in [0, 0.1) is 12.7 Å². The molecule has 0 bridgehead atoms. The van der Waals surface area contributed by atoms with E-state index in [2.05, 4.69) is 36.7 Å². The number of aromatic nitrogens is 1. The summed E-state index contributed by atoms with van der Waals surface area (Å²) in [6, 6.07) is 13.5. The van der Waals surface area contributed by atoms with Gasteiger partial charge in [-0.1, -0.05) is 24.3 Å². The Hall–Kier alpha value is -2.33. The Balaban J connectivity index is 2.00. The largest absolute Gasteiger partial charge is 0.494 e. The summed E-state index contributed by atoms with van der Waals surface area (Å²) in [6.45, 7) is 2.59. The molecule has 1 unspecified atom stereocenters. The summed E-state index contributed by atoms with van der Waals surface area (Å²) in [5.41, 5.74) is 10.6. The fourth-order valence-electron chi connectivity index (χ4n) is 3.38. The van der Waals surface area contributed by atoms with Gasteiger partial charge in [0.15, 0.2) is 11.6 Å². The van der Waals surface area contributed by atoms with Crippen LogP contribution in [0.3, 0.4) is 0 Å². The second kappa shape index (κ2) is 6.65. The molecule has 1 heterocycles. The van der Waals surface area contributed by atoms with Crippen molar-refractivity contribution < 1.29 is 9.13 Å². The van der Waals surface area contributed by atoms with Gasteiger partial charge in [-0.2, -0.15) is 0 Å². The molecule has 24 heavy (non-hydrogen) atoms. The molecule has 0 fully saturated rings. The van der Waals surface area contributed by atoms with Gasteiger partial charge in [0.1, 0.15) is 0 Å². The molecule has 1 aromatic heterocycles. The zero-order valence-electron chi connectivity index (χ0n) is 14.3. The first kappa shape index (κ1) is 16.5. The molecule has 4 heteroatoms. The van der Waals surface area contributed by atoms with E-state index in [1.807, 2.05) is 12.1 Å². The average Bonchev–Trinajstić information content (AvgIpc) is 2.84. The van der Waals surface area contributed by atoms with E-state index in [-0.39, 0.29) is 17.5 Å². The number of benzene rings is 2. The Labute approximate surface area is 141 Å². The Bertz CT molecular complexity index is 869. The molecule has 3 aromatic rings. The van der Waals surface area contributed by atoms with Crippen LogP contribution in [-0.4, -0.2) is 18.2 Å². The van der Waals surface area contributed by atoms with Crippen molar-refractivity contribution in [3.8, 4) is 5.75 Å². The van der Waals surface area contributed by atoms with Crippen molar-refractivity contribution in [3.63, 3.8) is 0 Å². The third-order valence-corrected chi connectivity index (χ3v) is 4.91. The molecule has 0 aliphatic carbocycles. The number of nitrogens with two attached hydrogens (primary N) is 1. The van der Waals surface area contributed by atoms with E-state index >= 15 is 0 Å². The van der Waals surface area contributed by atoms with Crippen molar-refractivity contribution in [2.24, 2.45) is 12.8 Å². The zero-order chi connectivity index (χ0) is 17.3. The Morgan fingerprint density at radius 2 is 1.96 bits per heavy atom. The third kappa shape index (κ3) is 2.78. The van der Waals surface area contributed by atoms with Gasteiger partial charge in [0.2, 0.25) is 0 Å². The van der Waals surface area contributed by atoms with Crippen molar-refractivity contribution in [1.82, 2.24) is 4.57 Å². The van der Waals surface area contributed by atoms with E-state index in [0.29, 0.717) is 6.54 Å². The molecule has 0 spiro atoms. The highest BCUT2D eigenvalue weighted by molar-refractivity contribution is 5.85. The maximum absolute atomic E-state index is 14.1. The highest BCUT2D eigenvalue weighted by Gasteiger charge is 2.18. The Morgan fingerprint density at radius 3 is 2.62 bits per heavy atom. The third-order valence-electron chi connectivity index (χ3n) is 4.91. The smallest absolute Gasteiger partial charge is 0.165 e. The number of aryl methyl sites for hydroxylation is 1. The quantitative estimate of drug-likeness (QED) is 0.772. The SMILES string of the molecule is COc1ccc(C(CN)Cc2c(C)n(C)c3ccccc23)cc1F. The molecule has 0 radical (unpaired) electrons. The monoisotopic (exact) mass is 326 g/mol. The van der Waals surface area contributed by atoms with E-state index in [1.54, 1.807) is 6.07 Å². The zero-order valence-corrected chi connectivity index (χ0v) is 14.3. The molecule has 0 amide bonds. The van der Waals surface area contributed by atoms with Crippen molar-refractivity contribution >= 4 is 10.9 Å². The van der Waals surface area contributed by atoms with Crippen LogP contribution in [0.4, 0.5) is 4.39 Å². The van der Waals surface area contributed by atoms with E-state index in [0.717, 1.165) is 12.0 Å². The van der Waals surface area contributed by atoms with Crippen LogP contribution in [0.25, 0.3) is 10.9 Å². The first-order valence-corrected chi connectivity index (χ1v) is 8.13. The summed E-state index contributed by atoms with van der Waals surface area (Å²) < 4.78 is 21.3. The van der Waals surface area contributed by atoms with Gasteiger partial charge in [0, 0.05) is 29.6 Å². The minimum atomic E-state index is -0.344. The Kier molecular flexibility index (Phi) is 4.58. The van der Waals surface area contributed by atoms with Gasteiger partial charge in [-0.3, -0.25) is 0 Å². The van der Waals surface area contributed by atoms with E-state index in [4.69, 9.17) is 10.5 Å². The van der Waals surface area contributed by atoms with Crippen LogP contribution in [-0.2, 0) is 13.5 Å². The van der Waals surface area contributed by atoms with Crippen molar-refractivity contribution in [3.05, 3.63) is 65.1 Å². The van der Waals surface area contributed by atoms with Gasteiger partial charge in [-0.05, 0) is 49.2 Å². The lowest BCUT2D eigenvalue weighted by Crippen LogP contribution is -2.16.